The minimum atomic E-state index is -2.71. The number of hydrogen-bond donors (Lipinski definition) is 1. The summed E-state index contributed by atoms with van der Waals surface area (Å²) in [5.41, 5.74) is -1.91. The number of hydrogen-bond acceptors (Lipinski definition) is 2. The molecule has 0 heterocycles. The van der Waals surface area contributed by atoms with E-state index >= 15 is 0 Å². The monoisotopic (exact) mass is 180 g/mol. The van der Waals surface area contributed by atoms with E-state index in [1.165, 1.54) is 7.11 Å². The first-order valence-electron chi connectivity index (χ1n) is 4.14. The van der Waals surface area contributed by atoms with Crippen molar-refractivity contribution in [2.75, 3.05) is 7.11 Å². The Morgan fingerprint density at radius 2 is 2.17 bits per heavy atom. The van der Waals surface area contributed by atoms with Crippen molar-refractivity contribution in [1.82, 2.24) is 0 Å². The molecule has 2 unspecified atom stereocenters. The molecule has 1 saturated carbocycles. The van der Waals surface area contributed by atoms with Gasteiger partial charge < -0.3 is 9.84 Å². The van der Waals surface area contributed by atoms with E-state index in [2.05, 4.69) is 0 Å². The average Bonchev–Trinajstić information content (AvgIpc) is 2.05. The topological polar surface area (TPSA) is 29.5 Å². The van der Waals surface area contributed by atoms with Crippen molar-refractivity contribution < 1.29 is 18.6 Å². The molecule has 0 amide bonds. The second-order valence-corrected chi connectivity index (χ2v) is 3.26. The lowest BCUT2D eigenvalue weighted by molar-refractivity contribution is -0.187. The van der Waals surface area contributed by atoms with Crippen LogP contribution in [0.25, 0.3) is 0 Å². The van der Waals surface area contributed by atoms with Gasteiger partial charge >= 0.3 is 0 Å². The van der Waals surface area contributed by atoms with E-state index in [0.29, 0.717) is 12.8 Å². The van der Waals surface area contributed by atoms with E-state index in [0.717, 1.165) is 6.42 Å². The third-order valence-corrected chi connectivity index (χ3v) is 2.51. The number of ether oxygens (including phenoxy) is 1. The number of alkyl halides is 2. The fourth-order valence-corrected chi connectivity index (χ4v) is 1.72. The second-order valence-electron chi connectivity index (χ2n) is 3.26. The summed E-state index contributed by atoms with van der Waals surface area (Å²) >= 11 is 0. The van der Waals surface area contributed by atoms with Crippen molar-refractivity contribution in [2.45, 2.75) is 43.8 Å². The smallest absolute Gasteiger partial charge is 0.269 e. The molecule has 0 spiro atoms. The lowest BCUT2D eigenvalue weighted by Crippen LogP contribution is -2.51. The molecule has 0 bridgehead atoms. The average molecular weight is 180 g/mol. The van der Waals surface area contributed by atoms with Crippen molar-refractivity contribution in [1.29, 1.82) is 0 Å². The molecule has 12 heavy (non-hydrogen) atoms. The van der Waals surface area contributed by atoms with Crippen LogP contribution in [-0.4, -0.2) is 30.3 Å². The van der Waals surface area contributed by atoms with Crippen LogP contribution < -0.4 is 0 Å². The normalized spacial score (nSPS) is 37.2. The fourth-order valence-electron chi connectivity index (χ4n) is 1.72. The van der Waals surface area contributed by atoms with Gasteiger partial charge in [-0.3, -0.25) is 0 Å². The van der Waals surface area contributed by atoms with Crippen LogP contribution in [-0.2, 0) is 4.74 Å². The van der Waals surface area contributed by atoms with Gasteiger partial charge in [-0.1, -0.05) is 12.8 Å². The van der Waals surface area contributed by atoms with Gasteiger partial charge in [0.1, 0.15) is 0 Å². The van der Waals surface area contributed by atoms with Crippen LogP contribution in [0.1, 0.15) is 25.7 Å². The Labute approximate surface area is 70.5 Å². The number of rotatable bonds is 2. The van der Waals surface area contributed by atoms with Crippen LogP contribution in [0.2, 0.25) is 0 Å². The number of aliphatic hydroxyl groups is 1. The van der Waals surface area contributed by atoms with Gasteiger partial charge in [0.25, 0.3) is 6.43 Å². The summed E-state index contributed by atoms with van der Waals surface area (Å²) in [4.78, 5) is 0. The zero-order chi connectivity index (χ0) is 9.19. The van der Waals surface area contributed by atoms with Crippen molar-refractivity contribution in [3.8, 4) is 0 Å². The van der Waals surface area contributed by atoms with Crippen molar-refractivity contribution >= 4 is 0 Å². The van der Waals surface area contributed by atoms with Crippen LogP contribution >= 0.6 is 0 Å². The van der Waals surface area contributed by atoms with Crippen LogP contribution in [0, 0.1) is 0 Å². The first kappa shape index (κ1) is 9.86. The van der Waals surface area contributed by atoms with Crippen LogP contribution in [0.4, 0.5) is 8.78 Å². The van der Waals surface area contributed by atoms with E-state index in [-0.39, 0.29) is 6.42 Å². The molecule has 0 saturated heterocycles. The highest BCUT2D eigenvalue weighted by Crippen LogP contribution is 2.34. The summed E-state index contributed by atoms with van der Waals surface area (Å²) in [6.45, 7) is 0. The summed E-state index contributed by atoms with van der Waals surface area (Å²) < 4.78 is 29.7. The lowest BCUT2D eigenvalue weighted by atomic mass is 9.82. The van der Waals surface area contributed by atoms with Crippen molar-refractivity contribution in [3.05, 3.63) is 0 Å². The van der Waals surface area contributed by atoms with Crippen LogP contribution in [0.3, 0.4) is 0 Å². The molecule has 0 radical (unpaired) electrons. The van der Waals surface area contributed by atoms with E-state index in [9.17, 15) is 13.9 Å². The van der Waals surface area contributed by atoms with E-state index < -0.39 is 18.1 Å². The lowest BCUT2D eigenvalue weighted by Gasteiger charge is -2.38. The Morgan fingerprint density at radius 3 is 2.58 bits per heavy atom. The standard InChI is InChI=1S/C8H14F2O2/c1-12-6-4-2-3-5-8(6,11)7(9)10/h6-7,11H,2-5H2,1H3. The first-order valence-corrected chi connectivity index (χ1v) is 4.14. The Kier molecular flexibility index (Phi) is 3.01. The Morgan fingerprint density at radius 1 is 1.50 bits per heavy atom. The highest BCUT2D eigenvalue weighted by atomic mass is 19.3. The third kappa shape index (κ3) is 1.59. The molecule has 1 rings (SSSR count). The minimum Gasteiger partial charge on any atom is -0.381 e. The maximum Gasteiger partial charge on any atom is 0.269 e. The molecule has 72 valence electrons. The Bertz CT molecular complexity index is 152. The first-order chi connectivity index (χ1) is 5.61. The van der Waals surface area contributed by atoms with Crippen molar-refractivity contribution in [3.63, 3.8) is 0 Å². The summed E-state index contributed by atoms with van der Waals surface area (Å²) in [6, 6.07) is 0. The number of halogens is 2. The van der Waals surface area contributed by atoms with Gasteiger partial charge in [0, 0.05) is 7.11 Å². The summed E-state index contributed by atoms with van der Waals surface area (Å²) in [5, 5.41) is 9.53. The van der Waals surface area contributed by atoms with Gasteiger partial charge in [-0.2, -0.15) is 0 Å². The van der Waals surface area contributed by atoms with E-state index in [4.69, 9.17) is 4.74 Å². The summed E-state index contributed by atoms with van der Waals surface area (Å²) in [6.07, 6.45) is -1.23. The van der Waals surface area contributed by atoms with Gasteiger partial charge in [-0.05, 0) is 12.8 Å². The molecule has 1 fully saturated rings. The molecule has 1 aliphatic carbocycles. The molecular weight excluding hydrogens is 166 g/mol. The van der Waals surface area contributed by atoms with Crippen LogP contribution in [0.5, 0.6) is 0 Å². The molecular formula is C8H14F2O2. The largest absolute Gasteiger partial charge is 0.381 e. The van der Waals surface area contributed by atoms with Gasteiger partial charge in [-0.25, -0.2) is 8.78 Å². The molecule has 0 aromatic rings. The molecule has 1 aliphatic rings. The highest BCUT2D eigenvalue weighted by Gasteiger charge is 2.46. The fraction of sp³-hybridized carbons (Fsp3) is 1.00. The van der Waals surface area contributed by atoms with Gasteiger partial charge in [0.05, 0.1) is 6.10 Å². The molecule has 0 aromatic heterocycles. The molecule has 0 aromatic carbocycles. The molecule has 2 nitrogen and oxygen atoms in total. The van der Waals surface area contributed by atoms with Crippen molar-refractivity contribution in [2.24, 2.45) is 0 Å². The molecule has 4 heteroatoms. The predicted molar refractivity (Wildman–Crippen MR) is 40.2 cm³/mol. The minimum absolute atomic E-state index is 0.142. The quantitative estimate of drug-likeness (QED) is 0.699. The maximum absolute atomic E-state index is 12.4. The zero-order valence-corrected chi connectivity index (χ0v) is 7.09. The highest BCUT2D eigenvalue weighted by molar-refractivity contribution is 4.93. The van der Waals surface area contributed by atoms with E-state index in [1.807, 2.05) is 0 Å². The van der Waals surface area contributed by atoms with Gasteiger partial charge in [0.15, 0.2) is 5.60 Å². The second kappa shape index (κ2) is 3.66. The molecule has 0 aliphatic heterocycles. The Hall–Kier alpha value is -0.220. The molecule has 2 atom stereocenters. The predicted octanol–water partition coefficient (Wildman–Crippen LogP) is 1.57. The zero-order valence-electron chi connectivity index (χ0n) is 7.09. The van der Waals surface area contributed by atoms with E-state index in [1.54, 1.807) is 0 Å². The summed E-state index contributed by atoms with van der Waals surface area (Å²) in [7, 11) is 1.36. The third-order valence-electron chi connectivity index (χ3n) is 2.51. The van der Waals surface area contributed by atoms with Crippen LogP contribution in [0.15, 0.2) is 0 Å². The van der Waals surface area contributed by atoms with Gasteiger partial charge in [-0.15, -0.1) is 0 Å². The number of methoxy groups -OCH3 is 1. The SMILES string of the molecule is COC1CCCCC1(O)C(F)F. The molecule has 1 N–H and O–H groups in total. The van der Waals surface area contributed by atoms with Gasteiger partial charge in [0.2, 0.25) is 0 Å². The Balaban J connectivity index is 2.68. The summed E-state index contributed by atoms with van der Waals surface area (Å²) in [5.74, 6) is 0. The maximum atomic E-state index is 12.4.